The summed E-state index contributed by atoms with van der Waals surface area (Å²) in [6.45, 7) is 6.26. The van der Waals surface area contributed by atoms with Crippen molar-refractivity contribution in [2.45, 2.75) is 44.8 Å². The zero-order valence-corrected chi connectivity index (χ0v) is 14.1. The maximum absolute atomic E-state index is 10.4. The van der Waals surface area contributed by atoms with Crippen LogP contribution in [0, 0.1) is 0 Å². The van der Waals surface area contributed by atoms with Crippen molar-refractivity contribution >= 4 is 11.5 Å². The third kappa shape index (κ3) is 2.43. The summed E-state index contributed by atoms with van der Waals surface area (Å²) >= 11 is 0. The Balaban J connectivity index is 1.70. The second kappa shape index (κ2) is 5.27. The Hall–Kier alpha value is -2.47. The van der Waals surface area contributed by atoms with Crippen LogP contribution >= 0.6 is 0 Å². The molecule has 1 aliphatic carbocycles. The van der Waals surface area contributed by atoms with E-state index in [0.717, 1.165) is 17.0 Å². The minimum Gasteiger partial charge on any atom is -0.390 e. The molecule has 0 saturated carbocycles. The molecule has 2 heterocycles. The molecule has 0 unspecified atom stereocenters. The second-order valence-electron chi connectivity index (χ2n) is 7.35. The number of benzene rings is 1. The molecule has 6 heteroatoms. The summed E-state index contributed by atoms with van der Waals surface area (Å²) < 4.78 is 1.77. The lowest BCUT2D eigenvalue weighted by Crippen LogP contribution is -2.22. The molecule has 24 heavy (non-hydrogen) atoms. The molecule has 0 aliphatic heterocycles. The minimum atomic E-state index is -0.456. The SMILES string of the molecule is CC(C)(C)c1nnc2ccc(N[C@@H]3c4ccccc4C[C@@H]3O)nn12. The number of nitrogens with one attached hydrogen (secondary N) is 1. The van der Waals surface area contributed by atoms with Gasteiger partial charge in [-0.1, -0.05) is 45.0 Å². The van der Waals surface area contributed by atoms with Crippen LogP contribution in [0.25, 0.3) is 5.65 Å². The maximum Gasteiger partial charge on any atom is 0.178 e. The molecule has 2 atom stereocenters. The van der Waals surface area contributed by atoms with Gasteiger partial charge in [0.05, 0.1) is 12.1 Å². The fraction of sp³-hybridized carbons (Fsp3) is 0.389. The molecule has 2 N–H and O–H groups in total. The van der Waals surface area contributed by atoms with Crippen LogP contribution in [-0.2, 0) is 11.8 Å². The number of hydrogen-bond acceptors (Lipinski definition) is 5. The van der Waals surface area contributed by atoms with Gasteiger partial charge in [-0.2, -0.15) is 4.52 Å². The highest BCUT2D eigenvalue weighted by atomic mass is 16.3. The van der Waals surface area contributed by atoms with Gasteiger partial charge in [-0.15, -0.1) is 15.3 Å². The summed E-state index contributed by atoms with van der Waals surface area (Å²) in [4.78, 5) is 0. The van der Waals surface area contributed by atoms with E-state index in [9.17, 15) is 5.11 Å². The van der Waals surface area contributed by atoms with E-state index in [1.807, 2.05) is 24.3 Å². The average molecular weight is 323 g/mol. The third-order valence-corrected chi connectivity index (χ3v) is 4.44. The summed E-state index contributed by atoms with van der Waals surface area (Å²) in [6.07, 6.45) is 0.207. The molecule has 0 spiro atoms. The summed E-state index contributed by atoms with van der Waals surface area (Å²) in [5, 5.41) is 26.9. The van der Waals surface area contributed by atoms with Crippen LogP contribution in [0.3, 0.4) is 0 Å². The van der Waals surface area contributed by atoms with Crippen molar-refractivity contribution in [3.05, 3.63) is 53.3 Å². The number of aromatic nitrogens is 4. The summed E-state index contributed by atoms with van der Waals surface area (Å²) in [6, 6.07) is 11.7. The molecule has 0 fully saturated rings. The minimum absolute atomic E-state index is 0.148. The molecule has 0 amide bonds. The van der Waals surface area contributed by atoms with Gasteiger partial charge in [0.2, 0.25) is 0 Å². The van der Waals surface area contributed by atoms with Crippen LogP contribution in [0.15, 0.2) is 36.4 Å². The van der Waals surface area contributed by atoms with E-state index in [1.54, 1.807) is 4.52 Å². The van der Waals surface area contributed by atoms with Crippen LogP contribution in [0.1, 0.15) is 43.8 Å². The lowest BCUT2D eigenvalue weighted by atomic mass is 9.96. The number of rotatable bonds is 2. The van der Waals surface area contributed by atoms with Crippen molar-refractivity contribution in [3.8, 4) is 0 Å². The topological polar surface area (TPSA) is 75.3 Å². The zero-order chi connectivity index (χ0) is 16.9. The summed E-state index contributed by atoms with van der Waals surface area (Å²) in [5.74, 6) is 1.52. The molecule has 0 radical (unpaired) electrons. The Morgan fingerprint density at radius 3 is 2.71 bits per heavy atom. The second-order valence-corrected chi connectivity index (χ2v) is 7.35. The lowest BCUT2D eigenvalue weighted by molar-refractivity contribution is 0.165. The maximum atomic E-state index is 10.4. The van der Waals surface area contributed by atoms with Crippen LogP contribution in [0.2, 0.25) is 0 Å². The van der Waals surface area contributed by atoms with Gasteiger partial charge in [0, 0.05) is 11.8 Å². The number of anilines is 1. The highest BCUT2D eigenvalue weighted by Crippen LogP contribution is 2.33. The van der Waals surface area contributed by atoms with E-state index in [0.29, 0.717) is 12.2 Å². The molecular formula is C18H21N5O. The van der Waals surface area contributed by atoms with Crippen LogP contribution in [0.4, 0.5) is 5.82 Å². The zero-order valence-electron chi connectivity index (χ0n) is 14.1. The first kappa shape index (κ1) is 15.1. The van der Waals surface area contributed by atoms with E-state index in [4.69, 9.17) is 0 Å². The average Bonchev–Trinajstić information content (AvgIpc) is 3.08. The molecule has 124 valence electrons. The van der Waals surface area contributed by atoms with Crippen LogP contribution < -0.4 is 5.32 Å². The smallest absolute Gasteiger partial charge is 0.178 e. The van der Waals surface area contributed by atoms with Crippen LogP contribution in [-0.4, -0.2) is 31.0 Å². The van der Waals surface area contributed by atoms with Crippen molar-refractivity contribution in [2.24, 2.45) is 0 Å². The van der Waals surface area contributed by atoms with E-state index in [2.05, 4.69) is 53.5 Å². The number of aliphatic hydroxyl groups excluding tert-OH is 1. The Morgan fingerprint density at radius 2 is 1.92 bits per heavy atom. The lowest BCUT2D eigenvalue weighted by Gasteiger charge is -2.19. The molecule has 1 aromatic carbocycles. The van der Waals surface area contributed by atoms with Gasteiger partial charge in [-0.3, -0.25) is 0 Å². The molecule has 2 aromatic heterocycles. The number of aliphatic hydroxyl groups is 1. The third-order valence-electron chi connectivity index (χ3n) is 4.44. The first-order valence-electron chi connectivity index (χ1n) is 8.19. The Bertz CT molecular complexity index is 896. The van der Waals surface area contributed by atoms with Gasteiger partial charge in [0.1, 0.15) is 5.82 Å². The van der Waals surface area contributed by atoms with Crippen molar-refractivity contribution in [1.82, 2.24) is 19.8 Å². The fourth-order valence-electron chi connectivity index (χ4n) is 3.24. The number of nitrogens with zero attached hydrogens (tertiary/aromatic N) is 4. The fourth-order valence-corrected chi connectivity index (χ4v) is 3.24. The molecule has 0 bridgehead atoms. The first-order valence-corrected chi connectivity index (χ1v) is 8.19. The normalized spacial score (nSPS) is 20.3. The van der Waals surface area contributed by atoms with Crippen LogP contribution in [0.5, 0.6) is 0 Å². The largest absolute Gasteiger partial charge is 0.390 e. The highest BCUT2D eigenvalue weighted by Gasteiger charge is 2.31. The molecule has 3 aromatic rings. The van der Waals surface area contributed by atoms with E-state index in [-0.39, 0.29) is 11.5 Å². The standard InChI is InChI=1S/C18H21N5O/c1-18(2,3)17-21-20-15-9-8-14(22-23(15)17)19-16-12-7-5-4-6-11(12)10-13(16)24/h4-9,13,16,24H,10H2,1-3H3,(H,19,22)/t13-,16+/m0/s1. The van der Waals surface area contributed by atoms with E-state index >= 15 is 0 Å². The predicted molar refractivity (Wildman–Crippen MR) is 92.0 cm³/mol. The van der Waals surface area contributed by atoms with Gasteiger partial charge in [-0.05, 0) is 23.3 Å². The van der Waals surface area contributed by atoms with E-state index in [1.165, 1.54) is 5.56 Å². The van der Waals surface area contributed by atoms with E-state index < -0.39 is 6.10 Å². The highest BCUT2D eigenvalue weighted by molar-refractivity contribution is 5.48. The number of hydrogen-bond donors (Lipinski definition) is 2. The van der Waals surface area contributed by atoms with Crippen molar-refractivity contribution < 1.29 is 5.11 Å². The van der Waals surface area contributed by atoms with Gasteiger partial charge in [0.15, 0.2) is 11.5 Å². The van der Waals surface area contributed by atoms with Gasteiger partial charge in [0.25, 0.3) is 0 Å². The van der Waals surface area contributed by atoms with Crippen molar-refractivity contribution in [2.75, 3.05) is 5.32 Å². The monoisotopic (exact) mass is 323 g/mol. The summed E-state index contributed by atoms with van der Waals surface area (Å²) in [7, 11) is 0. The molecular weight excluding hydrogens is 302 g/mol. The first-order chi connectivity index (χ1) is 11.4. The Kier molecular flexibility index (Phi) is 3.31. The predicted octanol–water partition coefficient (Wildman–Crippen LogP) is 2.49. The van der Waals surface area contributed by atoms with Crippen molar-refractivity contribution in [3.63, 3.8) is 0 Å². The molecule has 6 nitrogen and oxygen atoms in total. The Labute approximate surface area is 140 Å². The van der Waals surface area contributed by atoms with Gasteiger partial charge < -0.3 is 10.4 Å². The Morgan fingerprint density at radius 1 is 1.12 bits per heavy atom. The van der Waals surface area contributed by atoms with Gasteiger partial charge in [-0.25, -0.2) is 0 Å². The molecule has 0 saturated heterocycles. The quantitative estimate of drug-likeness (QED) is 0.758. The number of fused-ring (bicyclic) bond motifs is 2. The van der Waals surface area contributed by atoms with Crippen molar-refractivity contribution in [1.29, 1.82) is 0 Å². The molecule has 4 rings (SSSR count). The van der Waals surface area contributed by atoms with Gasteiger partial charge >= 0.3 is 0 Å². The molecule has 1 aliphatic rings. The summed E-state index contributed by atoms with van der Waals surface area (Å²) in [5.41, 5.74) is 2.89.